The van der Waals surface area contributed by atoms with Gasteiger partial charge < -0.3 is 14.4 Å². The highest BCUT2D eigenvalue weighted by Gasteiger charge is 2.21. The minimum atomic E-state index is -3.38. The van der Waals surface area contributed by atoms with Crippen LogP contribution in [0.3, 0.4) is 0 Å². The van der Waals surface area contributed by atoms with Gasteiger partial charge in [0.2, 0.25) is 14.7 Å². The Morgan fingerprint density at radius 2 is 1.38 bits per heavy atom. The van der Waals surface area contributed by atoms with Crippen LogP contribution in [0.1, 0.15) is 39.5 Å². The van der Waals surface area contributed by atoms with Crippen LogP contribution in [-0.2, 0) is 15.7 Å². The van der Waals surface area contributed by atoms with E-state index in [-0.39, 0.29) is 0 Å². The molecule has 0 radical (unpaired) electrons. The normalized spacial score (nSPS) is 17.3. The van der Waals surface area contributed by atoms with Gasteiger partial charge in [0.25, 0.3) is 0 Å². The largest absolute Gasteiger partial charge is 0.341 e. The molecule has 29 heavy (non-hydrogen) atoms. The van der Waals surface area contributed by atoms with Crippen LogP contribution in [0.4, 0.5) is 0 Å². The van der Waals surface area contributed by atoms with Crippen molar-refractivity contribution >= 4 is 47.2 Å². The summed E-state index contributed by atoms with van der Waals surface area (Å²) in [6.07, 6.45) is 4.46. The third-order valence-corrected chi connectivity index (χ3v) is 8.25. The monoisotopic (exact) mass is 435 g/mol. The van der Waals surface area contributed by atoms with E-state index in [1.807, 2.05) is 24.3 Å². The van der Waals surface area contributed by atoms with Gasteiger partial charge in [-0.1, -0.05) is 45.2 Å². The summed E-state index contributed by atoms with van der Waals surface area (Å²) in [6.45, 7) is 7.87. The van der Waals surface area contributed by atoms with Gasteiger partial charge in [0.1, 0.15) is 0 Å². The Labute approximate surface area is 172 Å². The van der Waals surface area contributed by atoms with Crippen LogP contribution < -0.4 is 10.6 Å². The van der Waals surface area contributed by atoms with Crippen LogP contribution in [0.25, 0.3) is 21.8 Å². The lowest BCUT2D eigenvalue weighted by Crippen LogP contribution is -2.12. The molecule has 0 aliphatic rings. The molecule has 0 fully saturated rings. The minimum Gasteiger partial charge on any atom is -0.341 e. The van der Waals surface area contributed by atoms with Gasteiger partial charge in [-0.3, -0.25) is 9.13 Å². The number of fused-ring (bicyclic) bond motifs is 3. The molecule has 2 N–H and O–H groups in total. The van der Waals surface area contributed by atoms with Crippen molar-refractivity contribution in [3.63, 3.8) is 0 Å². The van der Waals surface area contributed by atoms with Crippen LogP contribution in [0.2, 0.25) is 0 Å². The van der Waals surface area contributed by atoms with Gasteiger partial charge in [0.15, 0.2) is 0 Å². The molecular formula is C22H31NO4P2. The topological polar surface area (TPSA) is 79.5 Å². The van der Waals surface area contributed by atoms with Crippen molar-refractivity contribution in [1.29, 1.82) is 0 Å². The lowest BCUT2D eigenvalue weighted by atomic mass is 9.99. The molecule has 0 spiro atoms. The molecule has 0 bridgehead atoms. The van der Waals surface area contributed by atoms with E-state index >= 15 is 0 Å². The summed E-state index contributed by atoms with van der Waals surface area (Å²) >= 11 is 0. The molecular weight excluding hydrogens is 404 g/mol. The Hall–Kier alpha value is -1.38. The van der Waals surface area contributed by atoms with Crippen LogP contribution in [0.5, 0.6) is 0 Å². The second-order valence-corrected chi connectivity index (χ2v) is 12.7. The Bertz CT molecular complexity index is 1040. The summed E-state index contributed by atoms with van der Waals surface area (Å²) in [5.74, 6) is 0.478. The lowest BCUT2D eigenvalue weighted by molar-refractivity contribution is 0.401. The van der Waals surface area contributed by atoms with E-state index in [1.54, 1.807) is 12.1 Å². The van der Waals surface area contributed by atoms with Gasteiger partial charge >= 0.3 is 0 Å². The molecule has 1 aromatic heterocycles. The zero-order chi connectivity index (χ0) is 21.4. The number of hydrogen-bond donors (Lipinski definition) is 2. The van der Waals surface area contributed by atoms with Crippen LogP contribution in [0, 0.1) is 5.92 Å². The maximum atomic E-state index is 12.3. The molecule has 5 nitrogen and oxygen atoms in total. The summed E-state index contributed by atoms with van der Waals surface area (Å²) in [5.41, 5.74) is 1.81. The van der Waals surface area contributed by atoms with Crippen LogP contribution in [0.15, 0.2) is 36.4 Å². The number of benzene rings is 2. The maximum absolute atomic E-state index is 12.3. The van der Waals surface area contributed by atoms with E-state index in [0.717, 1.165) is 54.0 Å². The molecule has 0 saturated carbocycles. The van der Waals surface area contributed by atoms with Gasteiger partial charge in [-0.25, -0.2) is 0 Å². The van der Waals surface area contributed by atoms with Gasteiger partial charge in [-0.2, -0.15) is 0 Å². The summed E-state index contributed by atoms with van der Waals surface area (Å²) in [6, 6.07) is 10.8. The number of rotatable bonds is 8. The summed E-state index contributed by atoms with van der Waals surface area (Å²) in [5, 5.41) is 2.86. The SMILES string of the molecule is CCCCC(CC)Cn1c2cc(P(C)(=O)O)ccc2c2ccc(P(C)(=O)O)cc21. The predicted octanol–water partition coefficient (Wildman–Crippen LogP) is 5.06. The number of unbranched alkanes of at least 4 members (excludes halogenated alkanes) is 1. The highest BCUT2D eigenvalue weighted by molar-refractivity contribution is 7.65. The first-order valence-corrected chi connectivity index (χ1v) is 14.4. The third kappa shape index (κ3) is 4.70. The fraction of sp³-hybridized carbons (Fsp3) is 0.455. The fourth-order valence-corrected chi connectivity index (χ4v) is 5.39. The number of nitrogens with zero attached hydrogens (tertiary/aromatic N) is 1. The maximum Gasteiger partial charge on any atom is 0.226 e. The van der Waals surface area contributed by atoms with Gasteiger partial charge in [-0.05, 0) is 36.6 Å². The molecule has 3 atom stereocenters. The quantitative estimate of drug-likeness (QED) is 0.485. The first kappa shape index (κ1) is 22.3. The Balaban J connectivity index is 2.28. The van der Waals surface area contributed by atoms with Gasteiger partial charge in [-0.15, -0.1) is 0 Å². The van der Waals surface area contributed by atoms with Crippen molar-refractivity contribution < 1.29 is 18.9 Å². The van der Waals surface area contributed by atoms with Crippen LogP contribution in [-0.4, -0.2) is 27.7 Å². The van der Waals surface area contributed by atoms with Crippen molar-refractivity contribution in [2.24, 2.45) is 5.92 Å². The van der Waals surface area contributed by atoms with Crippen molar-refractivity contribution in [3.8, 4) is 0 Å². The van der Waals surface area contributed by atoms with E-state index in [2.05, 4.69) is 18.4 Å². The average Bonchev–Trinajstić information content (AvgIpc) is 2.96. The van der Waals surface area contributed by atoms with Crippen LogP contribution >= 0.6 is 14.7 Å². The fourth-order valence-electron chi connectivity index (χ4n) is 3.96. The second kappa shape index (κ2) is 8.40. The molecule has 0 aliphatic heterocycles. The van der Waals surface area contributed by atoms with E-state index in [0.29, 0.717) is 16.5 Å². The molecule has 1 heterocycles. The molecule has 7 heteroatoms. The molecule has 3 rings (SSSR count). The standard InChI is InChI=1S/C22H31NO4P2/c1-5-7-8-16(6-2)15-23-21-13-17(28(3,24)25)9-11-19(21)20-12-10-18(14-22(20)23)29(4,26)27/h9-14,16H,5-8,15H2,1-4H3,(H,24,25)(H,26,27). The molecule has 0 saturated heterocycles. The third-order valence-electron chi connectivity index (χ3n) is 5.78. The number of aromatic nitrogens is 1. The molecule has 3 unspecified atom stereocenters. The number of hydrogen-bond acceptors (Lipinski definition) is 2. The molecule has 158 valence electrons. The van der Waals surface area contributed by atoms with E-state index in [9.17, 15) is 18.9 Å². The first-order chi connectivity index (χ1) is 13.6. The van der Waals surface area contributed by atoms with Crippen molar-refractivity contribution in [2.45, 2.75) is 46.1 Å². The Morgan fingerprint density at radius 1 is 0.897 bits per heavy atom. The van der Waals surface area contributed by atoms with E-state index < -0.39 is 14.7 Å². The van der Waals surface area contributed by atoms with E-state index in [4.69, 9.17) is 0 Å². The van der Waals surface area contributed by atoms with Gasteiger partial charge in [0, 0.05) is 52.3 Å². The molecule has 0 aliphatic carbocycles. The predicted molar refractivity (Wildman–Crippen MR) is 124 cm³/mol. The lowest BCUT2D eigenvalue weighted by Gasteiger charge is -2.18. The van der Waals surface area contributed by atoms with Crippen molar-refractivity contribution in [2.75, 3.05) is 13.3 Å². The van der Waals surface area contributed by atoms with Crippen molar-refractivity contribution in [1.82, 2.24) is 4.57 Å². The summed E-state index contributed by atoms with van der Waals surface area (Å²) in [7, 11) is -6.76. The molecule has 2 aromatic carbocycles. The first-order valence-electron chi connectivity index (χ1n) is 10.2. The molecule has 3 aromatic rings. The summed E-state index contributed by atoms with van der Waals surface area (Å²) < 4.78 is 26.7. The zero-order valence-corrected chi connectivity index (χ0v) is 19.4. The Morgan fingerprint density at radius 3 is 1.76 bits per heavy atom. The second-order valence-electron chi connectivity index (χ2n) is 8.19. The highest BCUT2D eigenvalue weighted by atomic mass is 31.2. The molecule has 0 amide bonds. The Kier molecular flexibility index (Phi) is 6.46. The smallest absolute Gasteiger partial charge is 0.226 e. The average molecular weight is 435 g/mol. The minimum absolute atomic E-state index is 0.430. The summed E-state index contributed by atoms with van der Waals surface area (Å²) in [4.78, 5) is 20.2. The zero-order valence-electron chi connectivity index (χ0n) is 17.6. The van der Waals surface area contributed by atoms with Crippen molar-refractivity contribution in [3.05, 3.63) is 36.4 Å². The van der Waals surface area contributed by atoms with Gasteiger partial charge in [0.05, 0.1) is 0 Å². The van der Waals surface area contributed by atoms with E-state index in [1.165, 1.54) is 13.3 Å². The highest BCUT2D eigenvalue weighted by Crippen LogP contribution is 2.39.